The number of furan rings is 1. The lowest BCUT2D eigenvalue weighted by Gasteiger charge is -2.05. The number of nitrogens with one attached hydrogen (secondary N) is 1. The first-order valence-electron chi connectivity index (χ1n) is 6.41. The number of pyridine rings is 1. The van der Waals surface area contributed by atoms with Gasteiger partial charge in [0.2, 0.25) is 0 Å². The Morgan fingerprint density at radius 1 is 1.10 bits per heavy atom. The lowest BCUT2D eigenvalue weighted by molar-refractivity contribution is 0.531. The Balaban J connectivity index is 1.71. The van der Waals surface area contributed by atoms with E-state index in [0.29, 0.717) is 17.5 Å². The van der Waals surface area contributed by atoms with E-state index in [9.17, 15) is 4.39 Å². The molecular weight excluding hydrogens is 291 g/mol. The van der Waals surface area contributed by atoms with Crippen LogP contribution in [0.1, 0.15) is 5.76 Å². The summed E-state index contributed by atoms with van der Waals surface area (Å²) in [7, 11) is 0. The molecule has 106 valence electrons. The van der Waals surface area contributed by atoms with Crippen LogP contribution in [0.4, 0.5) is 10.1 Å². The molecule has 0 radical (unpaired) electrons. The highest BCUT2D eigenvalue weighted by Gasteiger charge is 2.06. The van der Waals surface area contributed by atoms with Crippen molar-refractivity contribution in [3.8, 4) is 11.3 Å². The maximum absolute atomic E-state index is 12.9. The normalized spacial score (nSPS) is 10.6. The minimum atomic E-state index is -0.265. The molecule has 0 aliphatic carbocycles. The Morgan fingerprint density at radius 3 is 2.67 bits per heavy atom. The van der Waals surface area contributed by atoms with Crippen LogP contribution in [0.5, 0.6) is 0 Å². The Kier molecular flexibility index (Phi) is 3.88. The number of hydrogen-bond acceptors (Lipinski definition) is 3. The lowest BCUT2D eigenvalue weighted by Crippen LogP contribution is -1.99. The molecule has 0 unspecified atom stereocenters. The van der Waals surface area contributed by atoms with Gasteiger partial charge < -0.3 is 9.73 Å². The number of aromatic nitrogens is 1. The highest BCUT2D eigenvalue weighted by Crippen LogP contribution is 2.24. The molecule has 0 spiro atoms. The Morgan fingerprint density at radius 2 is 1.90 bits per heavy atom. The number of hydrogen-bond donors (Lipinski definition) is 1. The van der Waals surface area contributed by atoms with Gasteiger partial charge in [-0.3, -0.25) is 0 Å². The van der Waals surface area contributed by atoms with Crippen LogP contribution in [-0.4, -0.2) is 4.98 Å². The van der Waals surface area contributed by atoms with Crippen molar-refractivity contribution in [3.05, 3.63) is 71.5 Å². The number of anilines is 1. The van der Waals surface area contributed by atoms with Gasteiger partial charge in [0.1, 0.15) is 17.3 Å². The summed E-state index contributed by atoms with van der Waals surface area (Å²) in [4.78, 5) is 3.99. The van der Waals surface area contributed by atoms with Gasteiger partial charge in [-0.15, -0.1) is 0 Å². The molecule has 0 fully saturated rings. The van der Waals surface area contributed by atoms with Crippen molar-refractivity contribution in [2.45, 2.75) is 6.54 Å². The molecule has 21 heavy (non-hydrogen) atoms. The van der Waals surface area contributed by atoms with Gasteiger partial charge in [-0.25, -0.2) is 9.37 Å². The molecule has 0 amide bonds. The average Bonchev–Trinajstić information content (AvgIpc) is 2.96. The lowest BCUT2D eigenvalue weighted by atomic mass is 10.2. The summed E-state index contributed by atoms with van der Waals surface area (Å²) in [6.45, 7) is 0.493. The van der Waals surface area contributed by atoms with Crippen LogP contribution in [-0.2, 0) is 6.54 Å². The fraction of sp³-hybridized carbons (Fsp3) is 0.0625. The molecule has 0 saturated heterocycles. The van der Waals surface area contributed by atoms with E-state index in [-0.39, 0.29) is 5.82 Å². The molecule has 2 aromatic heterocycles. The third-order valence-electron chi connectivity index (χ3n) is 3.00. The van der Waals surface area contributed by atoms with E-state index in [1.54, 1.807) is 24.4 Å². The van der Waals surface area contributed by atoms with E-state index in [1.807, 2.05) is 18.2 Å². The van der Waals surface area contributed by atoms with Crippen LogP contribution in [0.25, 0.3) is 11.3 Å². The van der Waals surface area contributed by atoms with E-state index in [1.165, 1.54) is 12.1 Å². The van der Waals surface area contributed by atoms with E-state index < -0.39 is 0 Å². The minimum Gasteiger partial charge on any atom is -0.459 e. The van der Waals surface area contributed by atoms with E-state index >= 15 is 0 Å². The topological polar surface area (TPSA) is 38.1 Å². The van der Waals surface area contributed by atoms with Crippen LogP contribution < -0.4 is 5.32 Å². The number of benzene rings is 1. The van der Waals surface area contributed by atoms with Gasteiger partial charge in [-0.1, -0.05) is 11.6 Å². The largest absolute Gasteiger partial charge is 0.459 e. The van der Waals surface area contributed by atoms with Crippen LogP contribution in [0, 0.1) is 5.82 Å². The van der Waals surface area contributed by atoms with E-state index in [0.717, 1.165) is 17.0 Å². The molecule has 2 heterocycles. The second kappa shape index (κ2) is 5.97. The zero-order valence-electron chi connectivity index (χ0n) is 11.0. The maximum Gasteiger partial charge on any atom is 0.152 e. The summed E-state index contributed by atoms with van der Waals surface area (Å²) in [6.07, 6.45) is 1.63. The van der Waals surface area contributed by atoms with Crippen LogP contribution in [0.15, 0.2) is 59.1 Å². The van der Waals surface area contributed by atoms with Crippen molar-refractivity contribution in [2.75, 3.05) is 5.32 Å². The van der Waals surface area contributed by atoms with Crippen molar-refractivity contribution in [1.29, 1.82) is 0 Å². The van der Waals surface area contributed by atoms with Gasteiger partial charge in [0, 0.05) is 11.8 Å². The maximum atomic E-state index is 12.9. The second-order valence-electron chi connectivity index (χ2n) is 4.47. The number of nitrogens with zero attached hydrogens (tertiary/aromatic N) is 1. The number of halogens is 2. The van der Waals surface area contributed by atoms with Gasteiger partial charge >= 0.3 is 0 Å². The Labute approximate surface area is 126 Å². The van der Waals surface area contributed by atoms with Crippen molar-refractivity contribution < 1.29 is 8.81 Å². The molecule has 1 N–H and O–H groups in total. The highest BCUT2D eigenvalue weighted by molar-refractivity contribution is 6.31. The fourth-order valence-electron chi connectivity index (χ4n) is 1.94. The van der Waals surface area contributed by atoms with Gasteiger partial charge in [-0.05, 0) is 48.5 Å². The first kappa shape index (κ1) is 13.6. The molecule has 0 aliphatic rings. The molecule has 3 aromatic rings. The molecule has 1 aromatic carbocycles. The van der Waals surface area contributed by atoms with Gasteiger partial charge in [-0.2, -0.15) is 0 Å². The molecule has 3 nitrogen and oxygen atoms in total. The zero-order valence-corrected chi connectivity index (χ0v) is 11.8. The Bertz CT molecular complexity index is 740. The summed E-state index contributed by atoms with van der Waals surface area (Å²) < 4.78 is 18.6. The molecule has 0 aliphatic heterocycles. The monoisotopic (exact) mass is 302 g/mol. The van der Waals surface area contributed by atoms with Crippen molar-refractivity contribution in [3.63, 3.8) is 0 Å². The molecule has 5 heteroatoms. The highest BCUT2D eigenvalue weighted by atomic mass is 35.5. The quantitative estimate of drug-likeness (QED) is 0.707. The van der Waals surface area contributed by atoms with E-state index in [4.69, 9.17) is 16.0 Å². The predicted molar refractivity (Wildman–Crippen MR) is 80.7 cm³/mol. The van der Waals surface area contributed by atoms with Gasteiger partial charge in [0.05, 0.1) is 12.2 Å². The summed E-state index contributed by atoms with van der Waals surface area (Å²) in [5.41, 5.74) is 1.58. The molecule has 0 saturated carbocycles. The SMILES string of the molecule is Fc1ccc(-c2ccc(CNc3cccnc3Cl)o2)cc1. The summed E-state index contributed by atoms with van der Waals surface area (Å²) in [5.74, 6) is 1.19. The van der Waals surface area contributed by atoms with Crippen molar-refractivity contribution >= 4 is 17.3 Å². The first-order chi connectivity index (χ1) is 10.2. The Hall–Kier alpha value is -2.33. The minimum absolute atomic E-state index is 0.265. The third kappa shape index (κ3) is 3.23. The van der Waals surface area contributed by atoms with Crippen LogP contribution in [0.2, 0.25) is 5.15 Å². The molecule has 3 rings (SSSR count). The first-order valence-corrected chi connectivity index (χ1v) is 6.79. The average molecular weight is 303 g/mol. The predicted octanol–water partition coefficient (Wildman–Crippen LogP) is 4.75. The summed E-state index contributed by atoms with van der Waals surface area (Å²) in [5, 5.41) is 3.57. The fourth-order valence-corrected chi connectivity index (χ4v) is 2.13. The smallest absolute Gasteiger partial charge is 0.152 e. The van der Waals surface area contributed by atoms with Crippen molar-refractivity contribution in [2.24, 2.45) is 0 Å². The summed E-state index contributed by atoms with van der Waals surface area (Å²) in [6, 6.07) is 13.6. The van der Waals surface area contributed by atoms with Crippen molar-refractivity contribution in [1.82, 2.24) is 4.98 Å². The molecule has 0 bridgehead atoms. The van der Waals surface area contributed by atoms with E-state index in [2.05, 4.69) is 10.3 Å². The van der Waals surface area contributed by atoms with Crippen LogP contribution in [0.3, 0.4) is 0 Å². The summed E-state index contributed by atoms with van der Waals surface area (Å²) >= 11 is 5.97. The second-order valence-corrected chi connectivity index (χ2v) is 4.83. The van der Waals surface area contributed by atoms with Gasteiger partial charge in [0.25, 0.3) is 0 Å². The molecule has 0 atom stereocenters. The standard InChI is InChI=1S/C16H12ClFN2O/c17-16-14(2-1-9-19-16)20-10-13-7-8-15(21-13)11-3-5-12(18)6-4-11/h1-9,20H,10H2. The molecular formula is C16H12ClFN2O. The number of rotatable bonds is 4. The van der Waals surface area contributed by atoms with Gasteiger partial charge in [0.15, 0.2) is 5.15 Å². The third-order valence-corrected chi connectivity index (χ3v) is 3.30. The zero-order chi connectivity index (χ0) is 14.7. The van der Waals surface area contributed by atoms with Crippen LogP contribution >= 0.6 is 11.6 Å².